The van der Waals surface area contributed by atoms with Gasteiger partial charge < -0.3 is 9.84 Å². The van der Waals surface area contributed by atoms with Gasteiger partial charge in [0.15, 0.2) is 5.75 Å². The first-order valence-corrected chi connectivity index (χ1v) is 4.57. The lowest BCUT2D eigenvalue weighted by Gasteiger charge is -2.08. The van der Waals surface area contributed by atoms with Gasteiger partial charge in [0, 0.05) is 5.88 Å². The topological polar surface area (TPSA) is 70.3 Å². The number of ether oxygens (including phenoxy) is 1. The van der Waals surface area contributed by atoms with Gasteiger partial charge in [0.05, 0.1) is 12.7 Å². The van der Waals surface area contributed by atoms with Crippen LogP contribution in [0.3, 0.4) is 0 Å². The van der Waals surface area contributed by atoms with E-state index in [1.807, 2.05) is 6.07 Å². The number of nitrogens with zero attached hydrogens (tertiary/aromatic N) is 1. The van der Waals surface area contributed by atoms with Crippen molar-refractivity contribution in [2.45, 2.75) is 5.88 Å². The molecule has 0 radical (unpaired) electrons. The molecule has 0 aliphatic heterocycles. The lowest BCUT2D eigenvalue weighted by molar-refractivity contribution is 0.0693. The minimum atomic E-state index is -1.14. The quantitative estimate of drug-likeness (QED) is 0.799. The molecule has 0 atom stereocenters. The Bertz CT molecular complexity index is 437. The van der Waals surface area contributed by atoms with Gasteiger partial charge in [-0.05, 0) is 17.7 Å². The molecule has 0 amide bonds. The van der Waals surface area contributed by atoms with Crippen LogP contribution in [-0.4, -0.2) is 18.2 Å². The molecule has 15 heavy (non-hydrogen) atoms. The summed E-state index contributed by atoms with van der Waals surface area (Å²) in [4.78, 5) is 10.9. The fraction of sp³-hybridized carbons (Fsp3) is 0.200. The van der Waals surface area contributed by atoms with Gasteiger partial charge in [-0.2, -0.15) is 5.26 Å². The molecule has 1 N–H and O–H groups in total. The summed E-state index contributed by atoms with van der Waals surface area (Å²) in [5.74, 6) is -0.923. The minimum absolute atomic E-state index is 0.0489. The second-order valence-electron chi connectivity index (χ2n) is 2.77. The summed E-state index contributed by atoms with van der Waals surface area (Å²) in [6, 6.07) is 4.78. The summed E-state index contributed by atoms with van der Waals surface area (Å²) in [5, 5.41) is 17.7. The zero-order valence-corrected chi connectivity index (χ0v) is 8.71. The summed E-state index contributed by atoms with van der Waals surface area (Å²) in [6.07, 6.45) is 0. The molecule has 0 unspecified atom stereocenters. The molecule has 5 heteroatoms. The minimum Gasteiger partial charge on any atom is -0.494 e. The van der Waals surface area contributed by atoms with Crippen LogP contribution in [-0.2, 0) is 5.88 Å². The first-order valence-electron chi connectivity index (χ1n) is 4.04. The third-order valence-electron chi connectivity index (χ3n) is 1.86. The molecule has 1 aromatic rings. The maximum atomic E-state index is 10.9. The molecule has 0 fully saturated rings. The third kappa shape index (κ3) is 2.20. The number of rotatable bonds is 3. The third-order valence-corrected chi connectivity index (χ3v) is 2.17. The average Bonchev–Trinajstić information content (AvgIpc) is 2.26. The van der Waals surface area contributed by atoms with Crippen LogP contribution in [0.25, 0.3) is 0 Å². The van der Waals surface area contributed by atoms with E-state index in [4.69, 9.17) is 26.7 Å². The fourth-order valence-electron chi connectivity index (χ4n) is 1.23. The van der Waals surface area contributed by atoms with Gasteiger partial charge in [-0.25, -0.2) is 4.79 Å². The van der Waals surface area contributed by atoms with E-state index in [2.05, 4.69) is 0 Å². The number of methoxy groups -OCH3 is 1. The van der Waals surface area contributed by atoms with E-state index < -0.39 is 5.97 Å². The molecule has 1 aromatic carbocycles. The monoisotopic (exact) mass is 225 g/mol. The SMILES string of the molecule is COc1c(C#N)cc(CCl)cc1C(=O)O. The van der Waals surface area contributed by atoms with Gasteiger partial charge >= 0.3 is 5.97 Å². The molecule has 0 saturated carbocycles. The number of alkyl halides is 1. The molecule has 0 heterocycles. The van der Waals surface area contributed by atoms with Crippen molar-refractivity contribution in [1.29, 1.82) is 5.26 Å². The summed E-state index contributed by atoms with van der Waals surface area (Å²) >= 11 is 5.58. The molecule has 1 rings (SSSR count). The second-order valence-corrected chi connectivity index (χ2v) is 3.04. The van der Waals surface area contributed by atoms with Crippen molar-refractivity contribution in [3.05, 3.63) is 28.8 Å². The molecular formula is C10H8ClNO3. The zero-order valence-electron chi connectivity index (χ0n) is 7.95. The Morgan fingerprint density at radius 1 is 1.67 bits per heavy atom. The van der Waals surface area contributed by atoms with Crippen molar-refractivity contribution >= 4 is 17.6 Å². The van der Waals surface area contributed by atoms with E-state index in [0.717, 1.165) is 0 Å². The number of nitriles is 1. The molecular weight excluding hydrogens is 218 g/mol. The van der Waals surface area contributed by atoms with Crippen molar-refractivity contribution in [3.8, 4) is 11.8 Å². The lowest BCUT2D eigenvalue weighted by Crippen LogP contribution is -2.03. The number of halogens is 1. The summed E-state index contributed by atoms with van der Waals surface area (Å²) in [6.45, 7) is 0. The van der Waals surface area contributed by atoms with E-state index in [9.17, 15) is 4.79 Å². The van der Waals surface area contributed by atoms with E-state index in [1.165, 1.54) is 19.2 Å². The highest BCUT2D eigenvalue weighted by Crippen LogP contribution is 2.26. The lowest BCUT2D eigenvalue weighted by atomic mass is 10.1. The largest absolute Gasteiger partial charge is 0.494 e. The molecule has 0 bridgehead atoms. The van der Waals surface area contributed by atoms with Gasteiger partial charge in [0.25, 0.3) is 0 Å². The molecule has 4 nitrogen and oxygen atoms in total. The van der Waals surface area contributed by atoms with Crippen LogP contribution in [0.15, 0.2) is 12.1 Å². The number of hydrogen-bond acceptors (Lipinski definition) is 3. The maximum absolute atomic E-state index is 10.9. The average molecular weight is 226 g/mol. The highest BCUT2D eigenvalue weighted by Gasteiger charge is 2.16. The van der Waals surface area contributed by atoms with Crippen molar-refractivity contribution in [1.82, 2.24) is 0 Å². The van der Waals surface area contributed by atoms with Gasteiger partial charge in [0.2, 0.25) is 0 Å². The number of carbonyl (C=O) groups is 1. The van der Waals surface area contributed by atoms with Crippen LogP contribution >= 0.6 is 11.6 Å². The van der Waals surface area contributed by atoms with Crippen LogP contribution in [0.2, 0.25) is 0 Å². The normalized spacial score (nSPS) is 9.40. The number of carboxylic acid groups (broad SMARTS) is 1. The van der Waals surface area contributed by atoms with Gasteiger partial charge in [-0.3, -0.25) is 0 Å². The molecule has 0 aliphatic rings. The van der Waals surface area contributed by atoms with E-state index in [0.29, 0.717) is 5.56 Å². The van der Waals surface area contributed by atoms with Crippen LogP contribution in [0.5, 0.6) is 5.75 Å². The predicted octanol–water partition coefficient (Wildman–Crippen LogP) is 2.00. The molecule has 0 spiro atoms. The summed E-state index contributed by atoms with van der Waals surface area (Å²) in [5.41, 5.74) is 0.701. The standard InChI is InChI=1S/C10H8ClNO3/c1-15-9-7(5-12)2-6(4-11)3-8(9)10(13)14/h2-3H,4H2,1H3,(H,13,14). The molecule has 78 valence electrons. The van der Waals surface area contributed by atoms with Crippen LogP contribution in [0.4, 0.5) is 0 Å². The Labute approximate surface area is 91.7 Å². The highest BCUT2D eigenvalue weighted by molar-refractivity contribution is 6.17. The Balaban J connectivity index is 3.48. The fourth-order valence-corrected chi connectivity index (χ4v) is 1.38. The maximum Gasteiger partial charge on any atom is 0.339 e. The first kappa shape index (κ1) is 11.3. The molecule has 0 aromatic heterocycles. The summed E-state index contributed by atoms with van der Waals surface area (Å²) in [7, 11) is 1.32. The van der Waals surface area contributed by atoms with Gasteiger partial charge in [0.1, 0.15) is 11.6 Å². The first-order chi connectivity index (χ1) is 7.13. The second kappa shape index (κ2) is 4.67. The number of benzene rings is 1. The van der Waals surface area contributed by atoms with Crippen LogP contribution in [0, 0.1) is 11.3 Å². The van der Waals surface area contributed by atoms with Gasteiger partial charge in [-0.1, -0.05) is 0 Å². The van der Waals surface area contributed by atoms with Crippen molar-refractivity contribution in [2.75, 3.05) is 7.11 Å². The smallest absolute Gasteiger partial charge is 0.339 e. The predicted molar refractivity (Wildman–Crippen MR) is 54.2 cm³/mol. The molecule has 0 aliphatic carbocycles. The Hall–Kier alpha value is -1.73. The Morgan fingerprint density at radius 2 is 2.33 bits per heavy atom. The van der Waals surface area contributed by atoms with Crippen LogP contribution in [0.1, 0.15) is 21.5 Å². The summed E-state index contributed by atoms with van der Waals surface area (Å²) < 4.78 is 4.88. The van der Waals surface area contributed by atoms with Crippen molar-refractivity contribution < 1.29 is 14.6 Å². The number of carboxylic acids is 1. The van der Waals surface area contributed by atoms with E-state index in [-0.39, 0.29) is 22.8 Å². The van der Waals surface area contributed by atoms with E-state index in [1.54, 1.807) is 0 Å². The molecule has 0 saturated heterocycles. The van der Waals surface area contributed by atoms with Crippen molar-refractivity contribution in [2.24, 2.45) is 0 Å². The van der Waals surface area contributed by atoms with Crippen molar-refractivity contribution in [3.63, 3.8) is 0 Å². The van der Waals surface area contributed by atoms with Gasteiger partial charge in [-0.15, -0.1) is 11.6 Å². The highest BCUT2D eigenvalue weighted by atomic mass is 35.5. The Morgan fingerprint density at radius 3 is 2.73 bits per heavy atom. The Kier molecular flexibility index (Phi) is 3.53. The van der Waals surface area contributed by atoms with E-state index >= 15 is 0 Å². The number of aromatic carboxylic acids is 1. The zero-order chi connectivity index (χ0) is 11.4. The van der Waals surface area contributed by atoms with Crippen LogP contribution < -0.4 is 4.74 Å². The number of hydrogen-bond donors (Lipinski definition) is 1.